The van der Waals surface area contributed by atoms with E-state index >= 15 is 0 Å². The van der Waals surface area contributed by atoms with Crippen molar-refractivity contribution in [3.63, 3.8) is 0 Å². The monoisotopic (exact) mass is 309 g/mol. The topological polar surface area (TPSA) is 29.1 Å². The van der Waals surface area contributed by atoms with Crippen LogP contribution in [0.25, 0.3) is 0 Å². The summed E-state index contributed by atoms with van der Waals surface area (Å²) in [5.74, 6) is -0.455. The van der Waals surface area contributed by atoms with E-state index in [9.17, 15) is 9.18 Å². The van der Waals surface area contributed by atoms with Crippen molar-refractivity contribution in [2.75, 3.05) is 5.32 Å². The molecule has 1 atom stereocenters. The quantitative estimate of drug-likeness (QED) is 0.836. The summed E-state index contributed by atoms with van der Waals surface area (Å²) in [6, 6.07) is 13.0. The zero-order chi connectivity index (χ0) is 14.5. The van der Waals surface area contributed by atoms with Crippen LogP contribution in [-0.4, -0.2) is 11.2 Å². The molecule has 0 radical (unpaired) electrons. The van der Waals surface area contributed by atoms with Crippen molar-refractivity contribution >= 4 is 35.0 Å². The lowest BCUT2D eigenvalue weighted by atomic mass is 10.3. The Morgan fingerprint density at radius 2 is 1.75 bits per heavy atom. The first-order valence-corrected chi connectivity index (χ1v) is 7.29. The van der Waals surface area contributed by atoms with Gasteiger partial charge in [-0.25, -0.2) is 4.39 Å². The highest BCUT2D eigenvalue weighted by Gasteiger charge is 2.14. The smallest absolute Gasteiger partial charge is 0.237 e. The van der Waals surface area contributed by atoms with Crippen molar-refractivity contribution in [2.24, 2.45) is 0 Å². The van der Waals surface area contributed by atoms with Gasteiger partial charge in [-0.1, -0.05) is 11.6 Å². The number of thioether (sulfide) groups is 1. The summed E-state index contributed by atoms with van der Waals surface area (Å²) >= 11 is 7.25. The standard InChI is InChI=1S/C15H13ClFNOS/c1-10(20-14-8-2-11(16)3-9-14)15(19)18-13-6-4-12(17)5-7-13/h2-10H,1H3,(H,18,19)/t10-/m0/s1. The summed E-state index contributed by atoms with van der Waals surface area (Å²) in [5.41, 5.74) is 0.583. The van der Waals surface area contributed by atoms with E-state index < -0.39 is 0 Å². The molecule has 0 aliphatic carbocycles. The Bertz CT molecular complexity index is 586. The Morgan fingerprint density at radius 3 is 2.35 bits per heavy atom. The molecule has 0 heterocycles. The second-order valence-corrected chi connectivity index (χ2v) is 6.06. The van der Waals surface area contributed by atoms with Crippen LogP contribution >= 0.6 is 23.4 Å². The van der Waals surface area contributed by atoms with Crippen molar-refractivity contribution in [3.8, 4) is 0 Å². The SMILES string of the molecule is C[C@H](Sc1ccc(Cl)cc1)C(=O)Nc1ccc(F)cc1. The molecule has 0 saturated heterocycles. The molecule has 0 spiro atoms. The van der Waals surface area contributed by atoms with E-state index in [0.717, 1.165) is 4.90 Å². The minimum absolute atomic E-state index is 0.128. The van der Waals surface area contributed by atoms with Gasteiger partial charge >= 0.3 is 0 Å². The third-order valence-electron chi connectivity index (χ3n) is 2.61. The molecule has 2 rings (SSSR count). The first-order valence-electron chi connectivity index (χ1n) is 6.03. The molecule has 0 fully saturated rings. The Balaban J connectivity index is 1.94. The summed E-state index contributed by atoms with van der Waals surface area (Å²) in [6.07, 6.45) is 0. The Labute approximate surface area is 126 Å². The fourth-order valence-electron chi connectivity index (χ4n) is 1.55. The van der Waals surface area contributed by atoms with Gasteiger partial charge in [-0.3, -0.25) is 4.79 Å². The highest BCUT2D eigenvalue weighted by molar-refractivity contribution is 8.00. The van der Waals surface area contributed by atoms with Crippen LogP contribution in [0.3, 0.4) is 0 Å². The van der Waals surface area contributed by atoms with E-state index in [-0.39, 0.29) is 17.0 Å². The highest BCUT2D eigenvalue weighted by atomic mass is 35.5. The average molecular weight is 310 g/mol. The molecule has 0 aromatic heterocycles. The summed E-state index contributed by atoms with van der Waals surface area (Å²) in [4.78, 5) is 13.0. The first kappa shape index (κ1) is 14.9. The minimum atomic E-state index is -0.327. The van der Waals surface area contributed by atoms with Gasteiger partial charge in [-0.05, 0) is 55.5 Å². The average Bonchev–Trinajstić information content (AvgIpc) is 2.44. The van der Waals surface area contributed by atoms with Crippen molar-refractivity contribution in [1.29, 1.82) is 0 Å². The largest absolute Gasteiger partial charge is 0.325 e. The third-order valence-corrected chi connectivity index (χ3v) is 3.97. The molecule has 5 heteroatoms. The molecule has 0 unspecified atom stereocenters. The third kappa shape index (κ3) is 4.25. The molecule has 2 nitrogen and oxygen atoms in total. The van der Waals surface area contributed by atoms with Crippen LogP contribution in [0.1, 0.15) is 6.92 Å². The molecule has 0 bridgehead atoms. The minimum Gasteiger partial charge on any atom is -0.325 e. The van der Waals surface area contributed by atoms with Gasteiger partial charge in [0.2, 0.25) is 5.91 Å². The zero-order valence-electron chi connectivity index (χ0n) is 10.8. The van der Waals surface area contributed by atoms with Crippen LogP contribution in [0.4, 0.5) is 10.1 Å². The highest BCUT2D eigenvalue weighted by Crippen LogP contribution is 2.25. The lowest BCUT2D eigenvalue weighted by Crippen LogP contribution is -2.22. The predicted molar refractivity (Wildman–Crippen MR) is 81.8 cm³/mol. The van der Waals surface area contributed by atoms with Crippen LogP contribution in [0, 0.1) is 5.82 Å². The van der Waals surface area contributed by atoms with Crippen LogP contribution in [0.5, 0.6) is 0 Å². The molecule has 104 valence electrons. The number of carbonyl (C=O) groups excluding carboxylic acids is 1. The van der Waals surface area contributed by atoms with Crippen molar-refractivity contribution in [2.45, 2.75) is 17.1 Å². The molecular formula is C15H13ClFNOS. The van der Waals surface area contributed by atoms with Gasteiger partial charge < -0.3 is 5.32 Å². The molecular weight excluding hydrogens is 297 g/mol. The van der Waals surface area contributed by atoms with Gasteiger partial charge in [0.25, 0.3) is 0 Å². The summed E-state index contributed by atoms with van der Waals surface area (Å²) in [7, 11) is 0. The van der Waals surface area contributed by atoms with Gasteiger partial charge in [-0.2, -0.15) is 0 Å². The normalized spacial score (nSPS) is 11.9. The Kier molecular flexibility index (Phi) is 5.04. The molecule has 2 aromatic rings. The van der Waals surface area contributed by atoms with Gasteiger partial charge in [0.05, 0.1) is 5.25 Å². The number of nitrogens with one attached hydrogen (secondary N) is 1. The molecule has 1 amide bonds. The van der Waals surface area contributed by atoms with Crippen LogP contribution in [0.15, 0.2) is 53.4 Å². The molecule has 2 aromatic carbocycles. The van der Waals surface area contributed by atoms with Crippen LogP contribution in [-0.2, 0) is 4.79 Å². The van der Waals surface area contributed by atoms with E-state index in [1.54, 1.807) is 12.1 Å². The van der Waals surface area contributed by atoms with E-state index in [4.69, 9.17) is 11.6 Å². The molecule has 0 aliphatic rings. The fraction of sp³-hybridized carbons (Fsp3) is 0.133. The molecule has 0 aliphatic heterocycles. The van der Waals surface area contributed by atoms with Gasteiger partial charge in [-0.15, -0.1) is 11.8 Å². The number of halogens is 2. The summed E-state index contributed by atoms with van der Waals surface area (Å²) in [5, 5.41) is 3.15. The lowest BCUT2D eigenvalue weighted by molar-refractivity contribution is -0.115. The maximum absolute atomic E-state index is 12.8. The molecule has 0 saturated carbocycles. The Hall–Kier alpha value is -1.52. The van der Waals surface area contributed by atoms with Crippen LogP contribution < -0.4 is 5.32 Å². The number of hydrogen-bond acceptors (Lipinski definition) is 2. The number of hydrogen-bond donors (Lipinski definition) is 1. The van der Waals surface area contributed by atoms with Gasteiger partial charge in [0, 0.05) is 15.6 Å². The second-order valence-electron chi connectivity index (χ2n) is 4.21. The number of carbonyl (C=O) groups is 1. The maximum Gasteiger partial charge on any atom is 0.237 e. The number of amides is 1. The fourth-order valence-corrected chi connectivity index (χ4v) is 2.54. The van der Waals surface area contributed by atoms with E-state index in [1.807, 2.05) is 19.1 Å². The number of benzene rings is 2. The summed E-state index contributed by atoms with van der Waals surface area (Å²) < 4.78 is 12.8. The molecule has 20 heavy (non-hydrogen) atoms. The molecule has 1 N–H and O–H groups in total. The number of rotatable bonds is 4. The van der Waals surface area contributed by atoms with E-state index in [1.165, 1.54) is 36.0 Å². The van der Waals surface area contributed by atoms with E-state index in [2.05, 4.69) is 5.32 Å². The maximum atomic E-state index is 12.8. The Morgan fingerprint density at radius 1 is 1.15 bits per heavy atom. The second kappa shape index (κ2) is 6.77. The van der Waals surface area contributed by atoms with Crippen molar-refractivity contribution in [3.05, 3.63) is 59.4 Å². The van der Waals surface area contributed by atoms with Gasteiger partial charge in [0.1, 0.15) is 5.82 Å². The zero-order valence-corrected chi connectivity index (χ0v) is 12.3. The van der Waals surface area contributed by atoms with Crippen LogP contribution in [0.2, 0.25) is 5.02 Å². The van der Waals surface area contributed by atoms with Crippen molar-refractivity contribution < 1.29 is 9.18 Å². The first-order chi connectivity index (χ1) is 9.54. The predicted octanol–water partition coefficient (Wildman–Crippen LogP) is 4.60. The number of anilines is 1. The van der Waals surface area contributed by atoms with E-state index in [0.29, 0.717) is 10.7 Å². The van der Waals surface area contributed by atoms with Crippen molar-refractivity contribution in [1.82, 2.24) is 0 Å². The summed E-state index contributed by atoms with van der Waals surface area (Å²) in [6.45, 7) is 1.82. The van der Waals surface area contributed by atoms with Gasteiger partial charge in [0.15, 0.2) is 0 Å². The lowest BCUT2D eigenvalue weighted by Gasteiger charge is -2.12.